The summed E-state index contributed by atoms with van der Waals surface area (Å²) in [5.41, 5.74) is 1.34. The fourth-order valence-corrected chi connectivity index (χ4v) is 2.21. The maximum atomic E-state index is 4.33. The summed E-state index contributed by atoms with van der Waals surface area (Å²) >= 11 is 0. The standard InChI is InChI=1S/C12H21N3/c1-3-15-9-11(8-14-15)12(13-2)7-10-5-4-6-10/h8-10,12-13H,3-7H2,1-2H3. The molecule has 1 aromatic rings. The summed E-state index contributed by atoms with van der Waals surface area (Å²) in [4.78, 5) is 0. The number of nitrogens with zero attached hydrogens (tertiary/aromatic N) is 2. The van der Waals surface area contributed by atoms with E-state index in [2.05, 4.69) is 23.5 Å². The molecule has 1 aromatic heterocycles. The summed E-state index contributed by atoms with van der Waals surface area (Å²) in [6.07, 6.45) is 9.70. The highest BCUT2D eigenvalue weighted by atomic mass is 15.3. The molecular formula is C12H21N3. The molecule has 1 saturated carbocycles. The van der Waals surface area contributed by atoms with Crippen LogP contribution in [-0.2, 0) is 6.54 Å². The van der Waals surface area contributed by atoms with Crippen molar-refractivity contribution in [2.24, 2.45) is 5.92 Å². The zero-order chi connectivity index (χ0) is 10.7. The van der Waals surface area contributed by atoms with Gasteiger partial charge in [-0.05, 0) is 26.3 Å². The monoisotopic (exact) mass is 207 g/mol. The summed E-state index contributed by atoms with van der Waals surface area (Å²) in [6, 6.07) is 0.496. The molecule has 0 aliphatic heterocycles. The van der Waals surface area contributed by atoms with Gasteiger partial charge in [0.15, 0.2) is 0 Å². The van der Waals surface area contributed by atoms with E-state index >= 15 is 0 Å². The lowest BCUT2D eigenvalue weighted by atomic mass is 9.80. The van der Waals surface area contributed by atoms with Crippen LogP contribution in [0.1, 0.15) is 44.2 Å². The van der Waals surface area contributed by atoms with E-state index in [9.17, 15) is 0 Å². The molecule has 1 unspecified atom stereocenters. The Labute approximate surface area is 91.9 Å². The topological polar surface area (TPSA) is 29.9 Å². The van der Waals surface area contributed by atoms with Gasteiger partial charge in [-0.3, -0.25) is 4.68 Å². The third-order valence-electron chi connectivity index (χ3n) is 3.52. The zero-order valence-electron chi connectivity index (χ0n) is 9.74. The molecule has 15 heavy (non-hydrogen) atoms. The second-order valence-corrected chi connectivity index (χ2v) is 4.50. The van der Waals surface area contributed by atoms with Crippen molar-refractivity contribution in [1.82, 2.24) is 15.1 Å². The van der Waals surface area contributed by atoms with Crippen LogP contribution in [0.25, 0.3) is 0 Å². The first-order chi connectivity index (χ1) is 7.33. The molecule has 2 rings (SSSR count). The Morgan fingerprint density at radius 2 is 2.40 bits per heavy atom. The molecule has 1 N–H and O–H groups in total. The molecule has 0 saturated heterocycles. The number of hydrogen-bond donors (Lipinski definition) is 1. The first kappa shape index (κ1) is 10.7. The Hall–Kier alpha value is -0.830. The molecule has 1 atom stereocenters. The molecule has 0 aromatic carbocycles. The van der Waals surface area contributed by atoms with Crippen LogP contribution in [0.5, 0.6) is 0 Å². The van der Waals surface area contributed by atoms with E-state index in [0.717, 1.165) is 12.5 Å². The van der Waals surface area contributed by atoms with Gasteiger partial charge in [-0.2, -0.15) is 5.10 Å². The average molecular weight is 207 g/mol. The predicted octanol–water partition coefficient (Wildman–Crippen LogP) is 2.35. The summed E-state index contributed by atoms with van der Waals surface area (Å²) in [7, 11) is 2.05. The van der Waals surface area contributed by atoms with Gasteiger partial charge >= 0.3 is 0 Å². The van der Waals surface area contributed by atoms with Crippen LogP contribution in [0.15, 0.2) is 12.4 Å². The Morgan fingerprint density at radius 3 is 2.87 bits per heavy atom. The smallest absolute Gasteiger partial charge is 0.0537 e. The molecule has 0 spiro atoms. The highest BCUT2D eigenvalue weighted by Crippen LogP contribution is 2.34. The maximum absolute atomic E-state index is 4.33. The van der Waals surface area contributed by atoms with E-state index < -0.39 is 0 Å². The lowest BCUT2D eigenvalue weighted by Crippen LogP contribution is -2.22. The Balaban J connectivity index is 1.97. The minimum absolute atomic E-state index is 0.496. The van der Waals surface area contributed by atoms with Crippen molar-refractivity contribution in [1.29, 1.82) is 0 Å². The molecule has 3 heteroatoms. The third kappa shape index (κ3) is 2.40. The van der Waals surface area contributed by atoms with Gasteiger partial charge in [0, 0.05) is 24.3 Å². The van der Waals surface area contributed by atoms with Crippen LogP contribution in [0.3, 0.4) is 0 Å². The number of hydrogen-bond acceptors (Lipinski definition) is 2. The fourth-order valence-electron chi connectivity index (χ4n) is 2.21. The molecule has 1 fully saturated rings. The van der Waals surface area contributed by atoms with Gasteiger partial charge < -0.3 is 5.32 Å². The van der Waals surface area contributed by atoms with Crippen molar-refractivity contribution in [3.05, 3.63) is 18.0 Å². The second kappa shape index (κ2) is 4.79. The Morgan fingerprint density at radius 1 is 1.60 bits per heavy atom. The minimum Gasteiger partial charge on any atom is -0.313 e. The lowest BCUT2D eigenvalue weighted by Gasteiger charge is -2.29. The van der Waals surface area contributed by atoms with Crippen LogP contribution in [-0.4, -0.2) is 16.8 Å². The van der Waals surface area contributed by atoms with Crippen LogP contribution >= 0.6 is 0 Å². The van der Waals surface area contributed by atoms with Crippen molar-refractivity contribution in [3.63, 3.8) is 0 Å². The third-order valence-corrected chi connectivity index (χ3v) is 3.52. The minimum atomic E-state index is 0.496. The van der Waals surface area contributed by atoms with Crippen LogP contribution in [0, 0.1) is 5.92 Å². The van der Waals surface area contributed by atoms with Gasteiger partial charge in [-0.25, -0.2) is 0 Å². The van der Waals surface area contributed by atoms with Crippen molar-refractivity contribution >= 4 is 0 Å². The van der Waals surface area contributed by atoms with Crippen molar-refractivity contribution in [2.75, 3.05) is 7.05 Å². The van der Waals surface area contributed by atoms with Gasteiger partial charge in [0.1, 0.15) is 0 Å². The molecule has 0 amide bonds. The Kier molecular flexibility index (Phi) is 3.41. The predicted molar refractivity (Wildman–Crippen MR) is 61.7 cm³/mol. The molecule has 1 aliphatic rings. The van der Waals surface area contributed by atoms with Crippen LogP contribution in [0.2, 0.25) is 0 Å². The average Bonchev–Trinajstić information content (AvgIpc) is 2.65. The summed E-state index contributed by atoms with van der Waals surface area (Å²) < 4.78 is 2.00. The van der Waals surface area contributed by atoms with Gasteiger partial charge in [-0.1, -0.05) is 19.3 Å². The van der Waals surface area contributed by atoms with Crippen molar-refractivity contribution < 1.29 is 0 Å². The van der Waals surface area contributed by atoms with E-state index in [1.54, 1.807) is 0 Å². The van der Waals surface area contributed by atoms with E-state index in [0.29, 0.717) is 6.04 Å². The normalized spacial score (nSPS) is 18.8. The number of nitrogens with one attached hydrogen (secondary N) is 1. The van der Waals surface area contributed by atoms with E-state index in [1.165, 1.54) is 31.2 Å². The highest BCUT2D eigenvalue weighted by Gasteiger charge is 2.22. The molecule has 0 bridgehead atoms. The molecule has 3 nitrogen and oxygen atoms in total. The largest absolute Gasteiger partial charge is 0.313 e. The Bertz CT molecular complexity index is 302. The van der Waals surface area contributed by atoms with Crippen LogP contribution in [0.4, 0.5) is 0 Å². The summed E-state index contributed by atoms with van der Waals surface area (Å²) in [6.45, 7) is 3.08. The fraction of sp³-hybridized carbons (Fsp3) is 0.750. The van der Waals surface area contributed by atoms with Gasteiger partial charge in [0.05, 0.1) is 6.20 Å². The van der Waals surface area contributed by atoms with Gasteiger partial charge in [0.25, 0.3) is 0 Å². The van der Waals surface area contributed by atoms with Crippen molar-refractivity contribution in [2.45, 2.75) is 45.2 Å². The van der Waals surface area contributed by atoms with Crippen LogP contribution < -0.4 is 5.32 Å². The quantitative estimate of drug-likeness (QED) is 0.803. The van der Waals surface area contributed by atoms with E-state index in [4.69, 9.17) is 0 Å². The van der Waals surface area contributed by atoms with Gasteiger partial charge in [0.2, 0.25) is 0 Å². The molecule has 84 valence electrons. The van der Waals surface area contributed by atoms with Gasteiger partial charge in [-0.15, -0.1) is 0 Å². The number of rotatable bonds is 5. The summed E-state index contributed by atoms with van der Waals surface area (Å²) in [5, 5.41) is 7.73. The SMILES string of the molecule is CCn1cc(C(CC2CCC2)NC)cn1. The molecule has 1 aliphatic carbocycles. The van der Waals surface area contributed by atoms with E-state index in [-0.39, 0.29) is 0 Å². The highest BCUT2D eigenvalue weighted by molar-refractivity contribution is 5.10. The first-order valence-corrected chi connectivity index (χ1v) is 6.03. The zero-order valence-corrected chi connectivity index (χ0v) is 9.74. The number of aromatic nitrogens is 2. The molecule has 1 heterocycles. The van der Waals surface area contributed by atoms with Crippen molar-refractivity contribution in [3.8, 4) is 0 Å². The first-order valence-electron chi connectivity index (χ1n) is 6.03. The summed E-state index contributed by atoms with van der Waals surface area (Å²) in [5.74, 6) is 0.937. The molecule has 0 radical (unpaired) electrons. The number of aryl methyl sites for hydroxylation is 1. The molecular weight excluding hydrogens is 186 g/mol. The van der Waals surface area contributed by atoms with E-state index in [1.807, 2.05) is 17.9 Å². The maximum Gasteiger partial charge on any atom is 0.0537 e. The lowest BCUT2D eigenvalue weighted by molar-refractivity contribution is 0.265. The second-order valence-electron chi connectivity index (χ2n) is 4.50.